The molecule has 2 fully saturated rings. The minimum absolute atomic E-state index is 0.0232. The van der Waals surface area contributed by atoms with Gasteiger partial charge in [-0.15, -0.1) is 0 Å². The Morgan fingerprint density at radius 3 is 2.79 bits per heavy atom. The van der Waals surface area contributed by atoms with Crippen LogP contribution in [0.4, 0.5) is 21.6 Å². The third-order valence-corrected chi connectivity index (χ3v) is 7.07. The maximum atomic E-state index is 13.6. The van der Waals surface area contributed by atoms with E-state index in [1.165, 1.54) is 24.5 Å². The van der Waals surface area contributed by atoms with Crippen LogP contribution in [0.25, 0.3) is 10.9 Å². The van der Waals surface area contributed by atoms with Gasteiger partial charge in [0.25, 0.3) is 5.91 Å². The minimum Gasteiger partial charge on any atom is -0.486 e. The molecule has 1 atom stereocenters. The molecule has 1 saturated heterocycles. The van der Waals surface area contributed by atoms with Gasteiger partial charge in [0.2, 0.25) is 0 Å². The lowest BCUT2D eigenvalue weighted by molar-refractivity contribution is -0.112. The number of fused-ring (bicyclic) bond motifs is 1. The second-order valence-corrected chi connectivity index (χ2v) is 9.97. The smallest absolute Gasteiger partial charge is 0.266 e. The predicted octanol–water partition coefficient (Wildman–Crippen LogP) is 4.82. The fourth-order valence-corrected chi connectivity index (χ4v) is 4.51. The first-order valence-corrected chi connectivity index (χ1v) is 12.5. The Balaban J connectivity index is 1.52. The van der Waals surface area contributed by atoms with Gasteiger partial charge in [0, 0.05) is 29.1 Å². The van der Waals surface area contributed by atoms with E-state index in [4.69, 9.17) is 21.1 Å². The van der Waals surface area contributed by atoms with E-state index < -0.39 is 11.7 Å². The van der Waals surface area contributed by atoms with E-state index in [1.807, 2.05) is 25.1 Å². The topological polar surface area (TPSA) is 112 Å². The molecular formula is C27H26ClFN6O3. The highest BCUT2D eigenvalue weighted by atomic mass is 35.5. The molecule has 2 aliphatic rings. The fourth-order valence-electron chi connectivity index (χ4n) is 4.33. The molecule has 1 unspecified atom stereocenters. The normalized spacial score (nSPS) is 18.3. The van der Waals surface area contributed by atoms with Crippen LogP contribution in [0, 0.1) is 17.1 Å². The highest BCUT2D eigenvalue weighted by Crippen LogP contribution is 2.42. The summed E-state index contributed by atoms with van der Waals surface area (Å²) >= 11 is 5.94. The van der Waals surface area contributed by atoms with Gasteiger partial charge in [0.15, 0.2) is 0 Å². The molecule has 2 heterocycles. The zero-order chi connectivity index (χ0) is 26.9. The summed E-state index contributed by atoms with van der Waals surface area (Å²) in [7, 11) is 3.86. The third-order valence-electron chi connectivity index (χ3n) is 6.78. The number of nitriles is 1. The number of aromatic nitrogens is 2. The number of anilines is 3. The Bertz CT molecular complexity index is 1460. The lowest BCUT2D eigenvalue weighted by Crippen LogP contribution is -2.29. The van der Waals surface area contributed by atoms with Crippen molar-refractivity contribution >= 4 is 45.6 Å². The van der Waals surface area contributed by atoms with Crippen LogP contribution in [0.2, 0.25) is 5.02 Å². The number of carbonyl (C=O) groups excluding carboxylic acids is 1. The monoisotopic (exact) mass is 536 g/mol. The van der Waals surface area contributed by atoms with Crippen molar-refractivity contribution in [2.24, 2.45) is 0 Å². The summed E-state index contributed by atoms with van der Waals surface area (Å²) < 4.78 is 25.3. The quantitative estimate of drug-likeness (QED) is 0.311. The Morgan fingerprint density at radius 2 is 2.13 bits per heavy atom. The second-order valence-electron chi connectivity index (χ2n) is 9.57. The molecule has 196 valence electrons. The maximum Gasteiger partial charge on any atom is 0.266 e. The summed E-state index contributed by atoms with van der Waals surface area (Å²) in [5, 5.41) is 16.3. The van der Waals surface area contributed by atoms with Crippen LogP contribution < -0.4 is 15.4 Å². The SMILES string of the molecule is CN(C)C1(C=C(C#N)C(=O)Nc2cc3c(Nc4ccc(F)c(Cl)c4)ncnc3cc2OC2CCOC2)CC1. The van der Waals surface area contributed by atoms with Crippen LogP contribution in [0.15, 0.2) is 48.3 Å². The molecule has 38 heavy (non-hydrogen) atoms. The van der Waals surface area contributed by atoms with E-state index in [-0.39, 0.29) is 22.2 Å². The van der Waals surface area contributed by atoms with Gasteiger partial charge in [-0.25, -0.2) is 14.4 Å². The number of benzene rings is 2. The summed E-state index contributed by atoms with van der Waals surface area (Å²) in [6.07, 6.45) is 5.40. The maximum absolute atomic E-state index is 13.6. The van der Waals surface area contributed by atoms with E-state index in [0.717, 1.165) is 12.8 Å². The minimum atomic E-state index is -0.538. The van der Waals surface area contributed by atoms with Gasteiger partial charge in [-0.1, -0.05) is 11.6 Å². The van der Waals surface area contributed by atoms with E-state index in [2.05, 4.69) is 20.6 Å². The second kappa shape index (κ2) is 10.5. The van der Waals surface area contributed by atoms with Gasteiger partial charge in [-0.05, 0) is 57.3 Å². The van der Waals surface area contributed by atoms with Gasteiger partial charge in [-0.2, -0.15) is 5.26 Å². The lowest BCUT2D eigenvalue weighted by atomic mass is 10.1. The number of likely N-dealkylation sites (N-methyl/N-ethyl adjacent to an activating group) is 1. The number of nitrogens with one attached hydrogen (secondary N) is 2. The number of hydrogen-bond acceptors (Lipinski definition) is 8. The number of ether oxygens (including phenoxy) is 2. The Kier molecular flexibility index (Phi) is 7.17. The van der Waals surface area contributed by atoms with Crippen molar-refractivity contribution in [3.8, 4) is 11.8 Å². The first-order chi connectivity index (χ1) is 18.3. The first-order valence-electron chi connectivity index (χ1n) is 12.1. The van der Waals surface area contributed by atoms with Crippen molar-refractivity contribution in [1.82, 2.24) is 14.9 Å². The standard InChI is InChI=1S/C27H26ClFN6O3/c1-35(2)27(6-7-27)12-16(13-30)26(36)34-23-10-19-22(11-24(23)38-18-5-8-37-14-18)31-15-32-25(19)33-17-3-4-21(29)20(28)9-17/h3-4,9-12,15,18H,5-8,14H2,1-2H3,(H,34,36)(H,31,32,33). The average molecular weight is 537 g/mol. The molecule has 2 aromatic carbocycles. The molecule has 3 aromatic rings. The molecule has 1 aromatic heterocycles. The molecule has 1 aliphatic heterocycles. The lowest BCUT2D eigenvalue weighted by Gasteiger charge is -2.20. The molecular weight excluding hydrogens is 511 g/mol. The van der Waals surface area contributed by atoms with Crippen molar-refractivity contribution in [2.45, 2.75) is 30.9 Å². The van der Waals surface area contributed by atoms with E-state index in [0.29, 0.717) is 53.5 Å². The summed E-state index contributed by atoms with van der Waals surface area (Å²) in [6, 6.07) is 9.69. The Hall–Kier alpha value is -3.78. The molecule has 5 rings (SSSR count). The van der Waals surface area contributed by atoms with Crippen molar-refractivity contribution in [1.29, 1.82) is 5.26 Å². The van der Waals surface area contributed by atoms with Crippen LogP contribution in [0.5, 0.6) is 5.75 Å². The zero-order valence-corrected chi connectivity index (χ0v) is 21.7. The van der Waals surface area contributed by atoms with Gasteiger partial charge in [0.05, 0.1) is 29.4 Å². The number of nitrogens with zero attached hydrogens (tertiary/aromatic N) is 4. The number of rotatable bonds is 8. The van der Waals surface area contributed by atoms with E-state index in [1.54, 1.807) is 18.2 Å². The molecule has 9 nitrogen and oxygen atoms in total. The summed E-state index contributed by atoms with van der Waals surface area (Å²) in [5.74, 6) is -0.244. The van der Waals surface area contributed by atoms with Crippen LogP contribution in [-0.4, -0.2) is 59.7 Å². The first kappa shape index (κ1) is 25.9. The van der Waals surface area contributed by atoms with Gasteiger partial charge >= 0.3 is 0 Å². The van der Waals surface area contributed by atoms with Crippen molar-refractivity contribution in [3.05, 3.63) is 59.1 Å². The molecule has 11 heteroatoms. The molecule has 0 bridgehead atoms. The average Bonchev–Trinajstić information content (AvgIpc) is 3.52. The van der Waals surface area contributed by atoms with E-state index in [9.17, 15) is 14.4 Å². The molecule has 1 aliphatic carbocycles. The van der Waals surface area contributed by atoms with Crippen molar-refractivity contribution in [2.75, 3.05) is 37.9 Å². The highest BCUT2D eigenvalue weighted by Gasteiger charge is 2.43. The molecule has 1 saturated carbocycles. The highest BCUT2D eigenvalue weighted by molar-refractivity contribution is 6.31. The van der Waals surface area contributed by atoms with Crippen LogP contribution in [0.3, 0.4) is 0 Å². The molecule has 1 amide bonds. The van der Waals surface area contributed by atoms with Crippen molar-refractivity contribution < 1.29 is 18.7 Å². The van der Waals surface area contributed by atoms with Gasteiger partial charge in [0.1, 0.15) is 41.5 Å². The Morgan fingerprint density at radius 1 is 1.32 bits per heavy atom. The van der Waals surface area contributed by atoms with Crippen LogP contribution in [0.1, 0.15) is 19.3 Å². The van der Waals surface area contributed by atoms with Gasteiger partial charge in [-0.3, -0.25) is 4.79 Å². The fraction of sp³-hybridized carbons (Fsp3) is 0.333. The number of halogens is 2. The largest absolute Gasteiger partial charge is 0.486 e. The summed E-state index contributed by atoms with van der Waals surface area (Å²) in [6.45, 7) is 1.02. The number of amides is 1. The number of hydrogen-bond donors (Lipinski definition) is 2. The third kappa shape index (κ3) is 5.41. The number of carbonyl (C=O) groups is 1. The molecule has 0 radical (unpaired) electrons. The Labute approximate surface area is 224 Å². The molecule has 0 spiro atoms. The molecule has 2 N–H and O–H groups in total. The summed E-state index contributed by atoms with van der Waals surface area (Å²) in [5.41, 5.74) is 1.19. The van der Waals surface area contributed by atoms with Crippen LogP contribution >= 0.6 is 11.6 Å². The zero-order valence-electron chi connectivity index (χ0n) is 20.9. The predicted molar refractivity (Wildman–Crippen MR) is 142 cm³/mol. The van der Waals surface area contributed by atoms with Crippen molar-refractivity contribution in [3.63, 3.8) is 0 Å². The van der Waals surface area contributed by atoms with E-state index >= 15 is 0 Å². The van der Waals surface area contributed by atoms with Gasteiger partial charge < -0.3 is 25.0 Å². The summed E-state index contributed by atoms with van der Waals surface area (Å²) in [4.78, 5) is 24.0. The van der Waals surface area contributed by atoms with Crippen LogP contribution in [-0.2, 0) is 9.53 Å².